The van der Waals surface area contributed by atoms with E-state index < -0.39 is 47.5 Å². The zero-order chi connectivity index (χ0) is 18.3. The first-order valence-corrected chi connectivity index (χ1v) is 7.42. The average molecular weight is 455 g/mol. The summed E-state index contributed by atoms with van der Waals surface area (Å²) >= 11 is 0. The van der Waals surface area contributed by atoms with Crippen LogP contribution >= 0.6 is 0 Å². The van der Waals surface area contributed by atoms with Gasteiger partial charge in [-0.1, -0.05) is 24.3 Å². The molecule has 0 saturated carbocycles. The number of aliphatic carboxylic acids is 4. The molecule has 2 aliphatic carbocycles. The smallest absolute Gasteiger partial charge is 0.550 e. The topological polar surface area (TPSA) is 161 Å². The minimum atomic E-state index is -1.35. The number of carbonyl (C=O) groups excluding carboxylic acids is 4. The number of carboxylic acid groups (broad SMARTS) is 4. The zero-order valence-corrected chi connectivity index (χ0v) is 16.1. The molecule has 0 bridgehead atoms. The Kier molecular flexibility index (Phi) is 10.1. The van der Waals surface area contributed by atoms with Gasteiger partial charge in [-0.05, 0) is 25.7 Å². The summed E-state index contributed by atoms with van der Waals surface area (Å²) in [4.78, 5) is 41.7. The summed E-state index contributed by atoms with van der Waals surface area (Å²) in [5.74, 6) is -9.23. The Bertz CT molecular complexity index is 518. The van der Waals surface area contributed by atoms with Crippen LogP contribution in [0.1, 0.15) is 25.7 Å². The molecule has 8 nitrogen and oxygen atoms in total. The monoisotopic (exact) mass is 456 g/mol. The van der Waals surface area contributed by atoms with Gasteiger partial charge in [0.05, 0.1) is 0 Å². The van der Waals surface area contributed by atoms with Crippen molar-refractivity contribution in [1.29, 1.82) is 0 Å². The number of hydrogen-bond donors (Lipinski definition) is 0. The molecule has 132 valence electrons. The van der Waals surface area contributed by atoms with Crippen LogP contribution in [0.4, 0.5) is 0 Å². The van der Waals surface area contributed by atoms with Gasteiger partial charge in [-0.25, -0.2) is 0 Å². The predicted octanol–water partition coefficient (Wildman–Crippen LogP) is -4.24. The fourth-order valence-electron chi connectivity index (χ4n) is 2.68. The number of carbonyl (C=O) groups is 4. The molecule has 0 aromatic carbocycles. The summed E-state index contributed by atoms with van der Waals surface area (Å²) in [5, 5.41) is 41.7. The Hall–Kier alpha value is -1.84. The van der Waals surface area contributed by atoms with Gasteiger partial charge in [-0.2, -0.15) is 0 Å². The van der Waals surface area contributed by atoms with Gasteiger partial charge < -0.3 is 39.6 Å². The van der Waals surface area contributed by atoms with Crippen LogP contribution < -0.4 is 20.4 Å². The van der Waals surface area contributed by atoms with Crippen LogP contribution in [0, 0.1) is 23.7 Å². The maximum absolute atomic E-state index is 10.4. The molecular weight excluding hydrogens is 439 g/mol. The third kappa shape index (κ3) is 6.89. The molecule has 0 N–H and O–H groups in total. The Morgan fingerprint density at radius 2 is 0.960 bits per heavy atom. The number of allylic oxidation sites excluding steroid dienone is 2. The Morgan fingerprint density at radius 3 is 1.16 bits per heavy atom. The first-order valence-electron chi connectivity index (χ1n) is 7.42. The first kappa shape index (κ1) is 23.2. The van der Waals surface area contributed by atoms with Gasteiger partial charge in [0.15, 0.2) is 0 Å². The Labute approximate surface area is 161 Å². The molecule has 9 heteroatoms. The first-order chi connectivity index (χ1) is 11.3. The molecular formula is C16H16O8Sn. The van der Waals surface area contributed by atoms with Crippen LogP contribution in [-0.4, -0.2) is 47.8 Å². The van der Waals surface area contributed by atoms with Crippen LogP contribution in [0.3, 0.4) is 0 Å². The van der Waals surface area contributed by atoms with E-state index in [2.05, 4.69) is 0 Å². The molecule has 0 aliphatic heterocycles. The maximum atomic E-state index is 10.4. The van der Waals surface area contributed by atoms with Crippen LogP contribution in [0.25, 0.3) is 0 Å². The predicted molar refractivity (Wildman–Crippen MR) is 76.5 cm³/mol. The van der Waals surface area contributed by atoms with Crippen molar-refractivity contribution in [2.45, 2.75) is 25.7 Å². The van der Waals surface area contributed by atoms with Crippen molar-refractivity contribution in [3.8, 4) is 0 Å². The maximum Gasteiger partial charge on any atom is 4.00 e. The van der Waals surface area contributed by atoms with E-state index >= 15 is 0 Å². The minimum absolute atomic E-state index is 0. The van der Waals surface area contributed by atoms with Crippen molar-refractivity contribution < 1.29 is 39.6 Å². The third-order valence-corrected chi connectivity index (χ3v) is 3.99. The second-order valence-corrected chi connectivity index (χ2v) is 5.55. The third-order valence-electron chi connectivity index (χ3n) is 3.99. The molecule has 2 aliphatic rings. The fraction of sp³-hybridized carbons (Fsp3) is 0.500. The van der Waals surface area contributed by atoms with Gasteiger partial charge in [-0.3, -0.25) is 0 Å². The van der Waals surface area contributed by atoms with Gasteiger partial charge in [0.1, 0.15) is 0 Å². The summed E-state index contributed by atoms with van der Waals surface area (Å²) in [6.45, 7) is 0. The van der Waals surface area contributed by atoms with Crippen molar-refractivity contribution in [2.75, 3.05) is 0 Å². The largest absolute Gasteiger partial charge is 4.00 e. The standard InChI is InChI=1S/2C8H10O4.Sn/c2*9-7(10)5-3-1-2-4-6(5)8(11)12;/h2*1,3,5-6H,2,4H2,(H,9,10)(H,11,12);/q;;+4/p-4. The van der Waals surface area contributed by atoms with E-state index in [0.29, 0.717) is 25.7 Å². The molecule has 0 amide bonds. The number of carboxylic acids is 4. The normalized spacial score (nSPS) is 27.2. The van der Waals surface area contributed by atoms with Gasteiger partial charge in [-0.15, -0.1) is 0 Å². The van der Waals surface area contributed by atoms with Crippen molar-refractivity contribution in [2.24, 2.45) is 23.7 Å². The van der Waals surface area contributed by atoms with E-state index in [4.69, 9.17) is 0 Å². The summed E-state index contributed by atoms with van der Waals surface area (Å²) in [7, 11) is 0. The second kappa shape index (κ2) is 10.9. The van der Waals surface area contributed by atoms with E-state index in [0.717, 1.165) is 0 Å². The molecule has 0 aromatic rings. The van der Waals surface area contributed by atoms with E-state index in [1.165, 1.54) is 12.2 Å². The van der Waals surface area contributed by atoms with Gasteiger partial charge in [0, 0.05) is 47.5 Å². The van der Waals surface area contributed by atoms with Crippen LogP contribution in [0.2, 0.25) is 0 Å². The molecule has 0 saturated heterocycles. The molecule has 0 fully saturated rings. The van der Waals surface area contributed by atoms with Crippen LogP contribution in [0.15, 0.2) is 24.3 Å². The quantitative estimate of drug-likeness (QED) is 0.305. The van der Waals surface area contributed by atoms with E-state index in [1.807, 2.05) is 0 Å². The van der Waals surface area contributed by atoms with Crippen LogP contribution in [-0.2, 0) is 19.2 Å². The number of rotatable bonds is 4. The van der Waals surface area contributed by atoms with Gasteiger partial charge in [0.2, 0.25) is 0 Å². The second-order valence-electron chi connectivity index (χ2n) is 5.55. The molecule has 0 spiro atoms. The Morgan fingerprint density at radius 1 is 0.640 bits per heavy atom. The summed E-state index contributed by atoms with van der Waals surface area (Å²) in [6, 6.07) is 0. The molecule has 4 unspecified atom stereocenters. The summed E-state index contributed by atoms with van der Waals surface area (Å²) in [6.07, 6.45) is 7.83. The van der Waals surface area contributed by atoms with Crippen LogP contribution in [0.5, 0.6) is 0 Å². The SMILES string of the molecule is O=C([O-])C1C=CCCC1C(=O)[O-].O=C([O-])C1C=CCCC1C(=O)[O-].[Sn+4]. The van der Waals surface area contributed by atoms with E-state index in [1.54, 1.807) is 12.2 Å². The van der Waals surface area contributed by atoms with E-state index in [-0.39, 0.29) is 23.9 Å². The average Bonchev–Trinajstić information content (AvgIpc) is 2.55. The molecule has 4 atom stereocenters. The zero-order valence-electron chi connectivity index (χ0n) is 13.2. The molecule has 25 heavy (non-hydrogen) atoms. The molecule has 0 aromatic heterocycles. The van der Waals surface area contributed by atoms with Crippen molar-refractivity contribution in [1.82, 2.24) is 0 Å². The fourth-order valence-corrected chi connectivity index (χ4v) is 2.68. The Balaban J connectivity index is 0.000000443. The van der Waals surface area contributed by atoms with Crippen molar-refractivity contribution in [3.05, 3.63) is 24.3 Å². The summed E-state index contributed by atoms with van der Waals surface area (Å²) in [5.41, 5.74) is 0. The van der Waals surface area contributed by atoms with E-state index in [9.17, 15) is 39.6 Å². The van der Waals surface area contributed by atoms with Crippen molar-refractivity contribution in [3.63, 3.8) is 0 Å². The molecule has 2 rings (SSSR count). The molecule has 0 heterocycles. The minimum Gasteiger partial charge on any atom is -0.550 e. The summed E-state index contributed by atoms with van der Waals surface area (Å²) < 4.78 is 0. The van der Waals surface area contributed by atoms with Gasteiger partial charge in [0.25, 0.3) is 0 Å². The van der Waals surface area contributed by atoms with Crippen molar-refractivity contribution >= 4 is 47.8 Å². The number of hydrogen-bond acceptors (Lipinski definition) is 8. The molecule has 0 radical (unpaired) electrons. The van der Waals surface area contributed by atoms with Gasteiger partial charge >= 0.3 is 23.9 Å².